The fourth-order valence-electron chi connectivity index (χ4n) is 3.86. The Morgan fingerprint density at radius 1 is 1.11 bits per heavy atom. The number of nitrogens with zero attached hydrogens (tertiary/aromatic N) is 1. The van der Waals surface area contributed by atoms with Crippen LogP contribution in [-0.2, 0) is 22.7 Å². The zero-order valence-corrected chi connectivity index (χ0v) is 21.0. The minimum Gasteiger partial charge on any atom is -0.493 e. The second kappa shape index (κ2) is 10.4. The summed E-state index contributed by atoms with van der Waals surface area (Å²) in [7, 11) is 2.69. The molecule has 2 aliphatic heterocycles. The van der Waals surface area contributed by atoms with Gasteiger partial charge in [-0.2, -0.15) is 0 Å². The lowest BCUT2D eigenvalue weighted by atomic mass is 10.1. The highest BCUT2D eigenvalue weighted by molar-refractivity contribution is 6.32. The van der Waals surface area contributed by atoms with E-state index in [-0.39, 0.29) is 42.2 Å². The monoisotopic (exact) mass is 540 g/mol. The molecule has 1 saturated heterocycles. The van der Waals surface area contributed by atoms with Crippen molar-refractivity contribution in [3.63, 3.8) is 0 Å². The highest BCUT2D eigenvalue weighted by atomic mass is 35.5. The van der Waals surface area contributed by atoms with Crippen LogP contribution in [0.1, 0.15) is 27.4 Å². The van der Waals surface area contributed by atoms with Crippen molar-refractivity contribution in [2.24, 2.45) is 0 Å². The molecule has 2 aliphatic rings. The third-order valence-corrected chi connectivity index (χ3v) is 5.99. The molecule has 0 aliphatic carbocycles. The standard InChI is InChI=1S/C26H21ClN2O9/c1-33-22-10-15(7-17(27)23(22)35-12-14-3-5-19-21(9-14)37-13-36-19)8-18-24(30)29(26(32)28-18)11-16-4-6-20(38-16)25(31)34-2/h3-10H,11-13H2,1-2H3,(H,28,32)/b18-8-. The highest BCUT2D eigenvalue weighted by Crippen LogP contribution is 2.38. The second-order valence-corrected chi connectivity index (χ2v) is 8.55. The number of carbonyl (C=O) groups is 3. The molecule has 1 N–H and O–H groups in total. The van der Waals surface area contributed by atoms with Gasteiger partial charge in [-0.25, -0.2) is 9.59 Å². The van der Waals surface area contributed by atoms with Crippen molar-refractivity contribution in [1.29, 1.82) is 0 Å². The molecule has 1 fully saturated rings. The highest BCUT2D eigenvalue weighted by Gasteiger charge is 2.34. The van der Waals surface area contributed by atoms with E-state index in [1.54, 1.807) is 18.2 Å². The van der Waals surface area contributed by atoms with E-state index < -0.39 is 17.9 Å². The molecule has 2 aromatic carbocycles. The van der Waals surface area contributed by atoms with E-state index in [0.29, 0.717) is 28.6 Å². The SMILES string of the molecule is COC(=O)c1ccc(CN2C(=O)N/C(=C\c3cc(Cl)c(OCc4ccc5c(c4)OCO5)c(OC)c3)C2=O)o1. The summed E-state index contributed by atoms with van der Waals surface area (Å²) in [6.07, 6.45) is 1.47. The van der Waals surface area contributed by atoms with Crippen LogP contribution in [0.5, 0.6) is 23.0 Å². The van der Waals surface area contributed by atoms with Gasteiger partial charge >= 0.3 is 12.0 Å². The zero-order valence-electron chi connectivity index (χ0n) is 20.2. The van der Waals surface area contributed by atoms with Crippen molar-refractivity contribution in [3.8, 4) is 23.0 Å². The van der Waals surface area contributed by atoms with Gasteiger partial charge in [0.25, 0.3) is 5.91 Å². The van der Waals surface area contributed by atoms with Gasteiger partial charge in [-0.05, 0) is 53.6 Å². The van der Waals surface area contributed by atoms with Gasteiger partial charge in [0, 0.05) is 0 Å². The summed E-state index contributed by atoms with van der Waals surface area (Å²) in [6, 6.07) is 10.9. The van der Waals surface area contributed by atoms with E-state index in [1.807, 2.05) is 12.1 Å². The lowest BCUT2D eigenvalue weighted by molar-refractivity contribution is -0.123. The lowest BCUT2D eigenvalue weighted by Gasteiger charge is -2.14. The average Bonchev–Trinajstić information content (AvgIpc) is 3.64. The number of urea groups is 1. The van der Waals surface area contributed by atoms with E-state index in [9.17, 15) is 14.4 Å². The number of fused-ring (bicyclic) bond motifs is 1. The van der Waals surface area contributed by atoms with E-state index in [4.69, 9.17) is 35.0 Å². The van der Waals surface area contributed by atoms with Crippen LogP contribution in [0.4, 0.5) is 4.79 Å². The summed E-state index contributed by atoms with van der Waals surface area (Å²) < 4.78 is 32.0. The molecule has 5 rings (SSSR count). The van der Waals surface area contributed by atoms with E-state index in [2.05, 4.69) is 10.1 Å². The molecule has 0 atom stereocenters. The van der Waals surface area contributed by atoms with Gasteiger partial charge in [-0.1, -0.05) is 17.7 Å². The molecule has 3 aromatic rings. The van der Waals surface area contributed by atoms with Gasteiger partial charge in [-0.3, -0.25) is 9.69 Å². The summed E-state index contributed by atoms with van der Waals surface area (Å²) >= 11 is 6.49. The molecule has 0 unspecified atom stereocenters. The topological polar surface area (TPSA) is 126 Å². The molecule has 3 amide bonds. The zero-order chi connectivity index (χ0) is 26.8. The van der Waals surface area contributed by atoms with Gasteiger partial charge in [0.1, 0.15) is 18.1 Å². The number of imide groups is 1. The Morgan fingerprint density at radius 3 is 2.71 bits per heavy atom. The molecular formula is C26H21ClN2O9. The summed E-state index contributed by atoms with van der Waals surface area (Å²) in [6.45, 7) is 0.201. The third kappa shape index (κ3) is 4.96. The van der Waals surface area contributed by atoms with Crippen molar-refractivity contribution < 1.29 is 42.5 Å². The van der Waals surface area contributed by atoms with Crippen molar-refractivity contribution in [2.75, 3.05) is 21.0 Å². The number of amides is 3. The molecule has 0 bridgehead atoms. The molecule has 12 heteroatoms. The molecule has 11 nitrogen and oxygen atoms in total. The van der Waals surface area contributed by atoms with Crippen LogP contribution in [0.25, 0.3) is 6.08 Å². The molecule has 0 radical (unpaired) electrons. The number of benzene rings is 2. The van der Waals surface area contributed by atoms with Gasteiger partial charge < -0.3 is 33.4 Å². The number of hydrogen-bond donors (Lipinski definition) is 1. The van der Waals surface area contributed by atoms with Crippen LogP contribution in [0.15, 0.2) is 52.6 Å². The number of nitrogens with one attached hydrogen (secondary N) is 1. The Kier molecular flexibility index (Phi) is 6.84. The summed E-state index contributed by atoms with van der Waals surface area (Å²) in [5.74, 6) is 0.925. The maximum Gasteiger partial charge on any atom is 0.373 e. The van der Waals surface area contributed by atoms with Gasteiger partial charge in [-0.15, -0.1) is 0 Å². The maximum atomic E-state index is 12.9. The fourth-order valence-corrected chi connectivity index (χ4v) is 4.13. The van der Waals surface area contributed by atoms with Crippen LogP contribution in [0.2, 0.25) is 5.02 Å². The first-order valence-corrected chi connectivity index (χ1v) is 11.6. The predicted octanol–water partition coefficient (Wildman–Crippen LogP) is 4.13. The predicted molar refractivity (Wildman–Crippen MR) is 132 cm³/mol. The summed E-state index contributed by atoms with van der Waals surface area (Å²) in [5, 5.41) is 2.78. The van der Waals surface area contributed by atoms with Crippen LogP contribution in [-0.4, -0.2) is 43.8 Å². The fraction of sp³-hybridized carbons (Fsp3) is 0.192. The number of rotatable bonds is 8. The van der Waals surface area contributed by atoms with Gasteiger partial charge in [0.15, 0.2) is 23.0 Å². The second-order valence-electron chi connectivity index (χ2n) is 8.15. The molecule has 38 heavy (non-hydrogen) atoms. The molecule has 1 aromatic heterocycles. The van der Waals surface area contributed by atoms with Crippen LogP contribution >= 0.6 is 11.6 Å². The lowest BCUT2D eigenvalue weighted by Crippen LogP contribution is -2.30. The largest absolute Gasteiger partial charge is 0.493 e. The van der Waals surface area contributed by atoms with Crippen LogP contribution in [0, 0.1) is 0 Å². The Balaban J connectivity index is 1.30. The number of ether oxygens (including phenoxy) is 5. The van der Waals surface area contributed by atoms with Crippen molar-refractivity contribution >= 4 is 35.6 Å². The Labute approximate surface area is 221 Å². The number of furan rings is 1. The smallest absolute Gasteiger partial charge is 0.373 e. The number of hydrogen-bond acceptors (Lipinski definition) is 9. The average molecular weight is 541 g/mol. The van der Waals surface area contributed by atoms with Gasteiger partial charge in [0.2, 0.25) is 12.6 Å². The number of carbonyl (C=O) groups excluding carboxylic acids is 3. The molecule has 3 heterocycles. The van der Waals surface area contributed by atoms with Crippen molar-refractivity contribution in [3.05, 3.63) is 75.8 Å². The molecule has 196 valence electrons. The first kappa shape index (κ1) is 25.0. The summed E-state index contributed by atoms with van der Waals surface area (Å²) in [4.78, 5) is 37.9. The summed E-state index contributed by atoms with van der Waals surface area (Å²) in [5.41, 5.74) is 1.37. The molecule has 0 saturated carbocycles. The third-order valence-electron chi connectivity index (χ3n) is 5.71. The minimum absolute atomic E-state index is 0.0295. The van der Waals surface area contributed by atoms with Crippen molar-refractivity contribution in [2.45, 2.75) is 13.2 Å². The van der Waals surface area contributed by atoms with E-state index in [1.165, 1.54) is 32.4 Å². The first-order valence-electron chi connectivity index (χ1n) is 11.3. The first-order chi connectivity index (χ1) is 18.4. The van der Waals surface area contributed by atoms with Crippen molar-refractivity contribution in [1.82, 2.24) is 10.2 Å². The molecular weight excluding hydrogens is 520 g/mol. The normalized spacial score (nSPS) is 15.1. The molecule has 0 spiro atoms. The van der Waals surface area contributed by atoms with E-state index >= 15 is 0 Å². The quantitative estimate of drug-likeness (QED) is 0.255. The number of methoxy groups -OCH3 is 2. The number of esters is 1. The Morgan fingerprint density at radius 2 is 1.92 bits per heavy atom. The van der Waals surface area contributed by atoms with E-state index in [0.717, 1.165) is 10.5 Å². The Bertz CT molecular complexity index is 1460. The van der Waals surface area contributed by atoms with Crippen LogP contribution in [0.3, 0.4) is 0 Å². The van der Waals surface area contributed by atoms with Gasteiger partial charge in [0.05, 0.1) is 25.8 Å². The Hall–Kier alpha value is -4.64. The maximum absolute atomic E-state index is 12.9. The van der Waals surface area contributed by atoms with Crippen LogP contribution < -0.4 is 24.3 Å². The number of halogens is 1. The minimum atomic E-state index is -0.664.